The van der Waals surface area contributed by atoms with Crippen molar-refractivity contribution in [3.63, 3.8) is 0 Å². The summed E-state index contributed by atoms with van der Waals surface area (Å²) >= 11 is 0. The number of rotatable bonds is 11. The van der Waals surface area contributed by atoms with Crippen LogP contribution in [0.4, 0.5) is 30.0 Å². The monoisotopic (exact) mass is 1040 g/mol. The lowest BCUT2D eigenvalue weighted by atomic mass is 9.91. The Morgan fingerprint density at radius 3 is 2.41 bits per heavy atom. The van der Waals surface area contributed by atoms with Crippen molar-refractivity contribution in [2.24, 2.45) is 5.92 Å². The van der Waals surface area contributed by atoms with Crippen LogP contribution in [0.1, 0.15) is 110 Å². The molecule has 6 unspecified atom stereocenters. The summed E-state index contributed by atoms with van der Waals surface area (Å²) in [5, 5.41) is 5.75. The summed E-state index contributed by atoms with van der Waals surface area (Å²) in [6.45, 7) is 16.6. The predicted octanol–water partition coefficient (Wildman–Crippen LogP) is 8.77. The smallest absolute Gasteiger partial charge is 0.410 e. The number of carbonyl (C=O) groups excluding carboxylic acids is 3. The maximum Gasteiger partial charge on any atom is 0.410 e. The van der Waals surface area contributed by atoms with Gasteiger partial charge in [-0.25, -0.2) is 18.4 Å². The van der Waals surface area contributed by atoms with Crippen LogP contribution in [0.5, 0.6) is 6.01 Å². The molecule has 76 heavy (non-hydrogen) atoms. The molecule has 0 N–H and O–H groups in total. The molecule has 2 aromatic carbocycles. The number of nitrogens with zero attached hydrogens (tertiary/aromatic N) is 10. The number of aromatic nitrogens is 4. The van der Waals surface area contributed by atoms with Gasteiger partial charge in [-0.05, 0) is 103 Å². The fraction of sp³-hybridized carbons (Fsp3) is 0.561. The number of hydrogen-bond acceptors (Lipinski definition) is 14. The maximum atomic E-state index is 17.4. The first-order chi connectivity index (χ1) is 36.5. The zero-order valence-electron chi connectivity index (χ0n) is 44.4. The third-order valence-electron chi connectivity index (χ3n) is 16.8. The predicted molar refractivity (Wildman–Crippen MR) is 282 cm³/mol. The average molecular weight is 1040 g/mol. The number of ether oxygens (including phenoxy) is 3. The third-order valence-corrected chi connectivity index (χ3v) is 16.8. The van der Waals surface area contributed by atoms with Crippen molar-refractivity contribution >= 4 is 51.4 Å². The molecule has 0 aliphatic carbocycles. The van der Waals surface area contributed by atoms with Crippen molar-refractivity contribution in [2.45, 2.75) is 134 Å². The first kappa shape index (κ1) is 51.3. The van der Waals surface area contributed by atoms with Gasteiger partial charge in [0.25, 0.3) is 0 Å². The molecule has 0 saturated carbocycles. The van der Waals surface area contributed by atoms with Gasteiger partial charge in [0.1, 0.15) is 47.6 Å². The molecule has 6 aliphatic rings. The van der Waals surface area contributed by atoms with Crippen LogP contribution in [0.3, 0.4) is 0 Å². The number of fused-ring (bicyclic) bond motifs is 5. The van der Waals surface area contributed by atoms with Crippen molar-refractivity contribution in [1.29, 1.82) is 0 Å². The van der Waals surface area contributed by atoms with E-state index in [0.29, 0.717) is 78.4 Å². The number of halogens is 2. The molecular weight excluding hydrogens is 975 g/mol. The van der Waals surface area contributed by atoms with Crippen molar-refractivity contribution in [3.8, 4) is 29.6 Å². The van der Waals surface area contributed by atoms with E-state index in [1.54, 1.807) is 35.4 Å². The molecule has 402 valence electrons. The van der Waals surface area contributed by atoms with Gasteiger partial charge in [-0.15, -0.1) is 6.42 Å². The van der Waals surface area contributed by atoms with Crippen LogP contribution in [-0.4, -0.2) is 159 Å². The Morgan fingerprint density at radius 2 is 1.70 bits per heavy atom. The summed E-state index contributed by atoms with van der Waals surface area (Å²) in [4.78, 5) is 67.2. The summed E-state index contributed by atoms with van der Waals surface area (Å²) in [5.74, 6) is 2.53. The average Bonchev–Trinajstić information content (AvgIpc) is 4.25. The molecule has 19 heteroatoms. The van der Waals surface area contributed by atoms with Gasteiger partial charge in [0.15, 0.2) is 17.4 Å². The Labute approximate surface area is 442 Å². The van der Waals surface area contributed by atoms with Gasteiger partial charge in [0, 0.05) is 81.1 Å². The number of likely N-dealkylation sites (tertiary alicyclic amines) is 1. The fourth-order valence-electron chi connectivity index (χ4n) is 13.0. The summed E-state index contributed by atoms with van der Waals surface area (Å²) in [6.07, 6.45) is 13.6. The lowest BCUT2D eigenvalue weighted by Gasteiger charge is -2.42. The normalized spacial score (nSPS) is 24.2. The second kappa shape index (κ2) is 20.3. The molecular formula is C57H68F2N10O7. The minimum absolute atomic E-state index is 0.00391. The Morgan fingerprint density at radius 1 is 0.921 bits per heavy atom. The SMILES string of the molecule is C#Cc1c(F)ccc2cccc(-c3ncc4c(N5CC6CCC(C5)N6C(=O)OC(C)(C)C)nc(OCC56CCCN5C(COC(=O)N5CCN(c7cc(C(C(=O)N8CCCC8C)C(C)C)on7)CC5)CC6)nc4c3F)c12. The van der Waals surface area contributed by atoms with Crippen LogP contribution in [0, 0.1) is 29.9 Å². The molecule has 5 aromatic rings. The number of piperazine rings is 2. The molecule has 6 saturated heterocycles. The number of benzene rings is 2. The summed E-state index contributed by atoms with van der Waals surface area (Å²) < 4.78 is 56.9. The van der Waals surface area contributed by atoms with E-state index in [1.165, 1.54) is 6.07 Å². The van der Waals surface area contributed by atoms with Gasteiger partial charge >= 0.3 is 18.2 Å². The van der Waals surface area contributed by atoms with Crippen molar-refractivity contribution in [2.75, 3.05) is 75.4 Å². The Kier molecular flexibility index (Phi) is 13.7. The van der Waals surface area contributed by atoms with Gasteiger partial charge in [0.05, 0.1) is 28.6 Å². The number of pyridine rings is 1. The molecule has 0 spiro atoms. The standard InChI is InChI=1S/C57H68F2N10O7/c1-8-40-43(58)18-15-36-13-9-14-41(47(36)40)49-48(59)50-42(29-60-49)51(66-30-37-16-17-38(31-66)69(37)55(72)75-56(5,6)7)62-53(61-50)74-33-57-20-11-23-68(57)39(19-21-57)32-73-54(71)65-26-24-64(25-27-65)45-28-44(76-63-45)46(34(2)3)52(70)67-22-10-12-35(67)4/h1,9,13-15,18,28-29,34-35,37-39,46H,10-12,16-17,19-27,30-33H2,2-7H3. The Hall–Kier alpha value is -6.81. The first-order valence-electron chi connectivity index (χ1n) is 27.1. The highest BCUT2D eigenvalue weighted by molar-refractivity contribution is 6.02. The molecule has 2 bridgehead atoms. The van der Waals surface area contributed by atoms with Crippen molar-refractivity contribution < 1.29 is 41.9 Å². The first-order valence-corrected chi connectivity index (χ1v) is 27.1. The highest BCUT2D eigenvalue weighted by Gasteiger charge is 2.51. The quantitative estimate of drug-likeness (QED) is 0.115. The molecule has 11 rings (SSSR count). The Bertz CT molecular complexity index is 3080. The molecule has 6 atom stereocenters. The maximum absolute atomic E-state index is 17.4. The van der Waals surface area contributed by atoms with Crippen molar-refractivity contribution in [1.82, 2.24) is 39.7 Å². The zero-order chi connectivity index (χ0) is 53.2. The van der Waals surface area contributed by atoms with E-state index in [0.717, 1.165) is 64.5 Å². The van der Waals surface area contributed by atoms with Crippen LogP contribution < -0.4 is 14.5 Å². The second-order valence-corrected chi connectivity index (χ2v) is 23.0. The number of hydrogen-bond donors (Lipinski definition) is 0. The molecule has 6 aliphatic heterocycles. The number of terminal acetylenes is 1. The van der Waals surface area contributed by atoms with Gasteiger partial charge in [-0.3, -0.25) is 19.6 Å². The van der Waals surface area contributed by atoms with Crippen molar-refractivity contribution in [3.05, 3.63) is 65.6 Å². The molecule has 6 fully saturated rings. The topological polar surface area (TPSA) is 163 Å². The molecule has 3 aromatic heterocycles. The van der Waals surface area contributed by atoms with E-state index in [4.69, 9.17) is 35.1 Å². The van der Waals surface area contributed by atoms with Crippen LogP contribution in [0.15, 0.2) is 47.1 Å². The minimum atomic E-state index is -0.728. The lowest BCUT2D eigenvalue weighted by Crippen LogP contribution is -2.57. The van der Waals surface area contributed by atoms with Gasteiger partial charge in [-0.2, -0.15) is 9.97 Å². The van der Waals surface area contributed by atoms with Gasteiger partial charge < -0.3 is 38.3 Å². The summed E-state index contributed by atoms with van der Waals surface area (Å²) in [6, 6.07) is 9.88. The van der Waals surface area contributed by atoms with Crippen LogP contribution in [0.25, 0.3) is 32.9 Å². The summed E-state index contributed by atoms with van der Waals surface area (Å²) in [7, 11) is 0. The van der Waals surface area contributed by atoms with E-state index in [9.17, 15) is 14.4 Å². The fourth-order valence-corrected chi connectivity index (χ4v) is 13.0. The van der Waals surface area contributed by atoms with E-state index >= 15 is 8.78 Å². The highest BCUT2D eigenvalue weighted by atomic mass is 19.1. The van der Waals surface area contributed by atoms with Crippen LogP contribution in [-0.2, 0) is 14.3 Å². The molecule has 17 nitrogen and oxygen atoms in total. The Balaban J connectivity index is 0.787. The lowest BCUT2D eigenvalue weighted by molar-refractivity contribution is -0.134. The molecule has 0 radical (unpaired) electrons. The van der Waals surface area contributed by atoms with Gasteiger partial charge in [-0.1, -0.05) is 49.2 Å². The highest BCUT2D eigenvalue weighted by Crippen LogP contribution is 2.44. The van der Waals surface area contributed by atoms with Gasteiger partial charge in [0.2, 0.25) is 5.91 Å². The number of carbonyl (C=O) groups is 3. The van der Waals surface area contributed by atoms with E-state index in [2.05, 4.69) is 37.7 Å². The second-order valence-electron chi connectivity index (χ2n) is 23.0. The summed E-state index contributed by atoms with van der Waals surface area (Å²) in [5.41, 5.74) is -0.751. The van der Waals surface area contributed by atoms with E-state index in [-0.39, 0.29) is 89.7 Å². The minimum Gasteiger partial charge on any atom is -0.461 e. The molecule has 9 heterocycles. The molecule has 3 amide bonds. The number of anilines is 2. The number of amides is 3. The largest absolute Gasteiger partial charge is 0.461 e. The third kappa shape index (κ3) is 9.48. The zero-order valence-corrected chi connectivity index (χ0v) is 44.4. The van der Waals surface area contributed by atoms with E-state index in [1.807, 2.05) is 50.5 Å². The van der Waals surface area contributed by atoms with Crippen LogP contribution in [0.2, 0.25) is 0 Å². The van der Waals surface area contributed by atoms with E-state index < -0.39 is 23.2 Å². The van der Waals surface area contributed by atoms with Crippen LogP contribution >= 0.6 is 0 Å².